The molecule has 26 heavy (non-hydrogen) atoms. The van der Waals surface area contributed by atoms with Gasteiger partial charge in [-0.2, -0.15) is 0 Å². The molecule has 0 spiro atoms. The maximum atomic E-state index is 13.1. The molecule has 0 atom stereocenters. The maximum absolute atomic E-state index is 13.1. The van der Waals surface area contributed by atoms with Crippen LogP contribution < -0.4 is 0 Å². The van der Waals surface area contributed by atoms with Crippen molar-refractivity contribution in [3.05, 3.63) is 52.7 Å². The van der Waals surface area contributed by atoms with Crippen molar-refractivity contribution in [2.24, 2.45) is 0 Å². The van der Waals surface area contributed by atoms with Crippen LogP contribution in [0.2, 0.25) is 0 Å². The fourth-order valence-corrected chi connectivity index (χ4v) is 5.33. The van der Waals surface area contributed by atoms with Gasteiger partial charge in [0.25, 0.3) is 5.91 Å². The molecule has 0 saturated carbocycles. The Hall–Kier alpha value is -1.63. The first-order chi connectivity index (χ1) is 12.7. The Balaban J connectivity index is 1.53. The van der Waals surface area contributed by atoms with Gasteiger partial charge in [-0.05, 0) is 30.7 Å². The number of rotatable bonds is 4. The summed E-state index contributed by atoms with van der Waals surface area (Å²) in [6.45, 7) is 2.55. The lowest BCUT2D eigenvalue weighted by Gasteiger charge is -2.26. The number of nitrogens with zero attached hydrogens (tertiary/aromatic N) is 1. The number of allylic oxidation sites excluding steroid dienone is 3. The van der Waals surface area contributed by atoms with Gasteiger partial charge in [-0.15, -0.1) is 23.1 Å². The minimum Gasteiger partial charge on any atom is -0.378 e. The van der Waals surface area contributed by atoms with Gasteiger partial charge in [0, 0.05) is 40.2 Å². The van der Waals surface area contributed by atoms with Gasteiger partial charge in [0.15, 0.2) is 0 Å². The SMILES string of the molecule is O=C(c1cc2c(SCC3=CC=C(F)CC3)cccc2s1)N1CCOCC1. The van der Waals surface area contributed by atoms with Crippen molar-refractivity contribution >= 4 is 39.1 Å². The zero-order chi connectivity index (χ0) is 17.9. The molecule has 1 aliphatic heterocycles. The van der Waals surface area contributed by atoms with E-state index in [9.17, 15) is 9.18 Å². The molecule has 6 heteroatoms. The van der Waals surface area contributed by atoms with Crippen LogP contribution in [-0.4, -0.2) is 42.9 Å². The summed E-state index contributed by atoms with van der Waals surface area (Å²) in [7, 11) is 0. The van der Waals surface area contributed by atoms with Gasteiger partial charge in [-0.1, -0.05) is 17.7 Å². The highest BCUT2D eigenvalue weighted by molar-refractivity contribution is 7.99. The van der Waals surface area contributed by atoms with Gasteiger partial charge in [-0.3, -0.25) is 4.79 Å². The van der Waals surface area contributed by atoms with E-state index in [1.807, 2.05) is 23.1 Å². The van der Waals surface area contributed by atoms with Crippen LogP contribution >= 0.6 is 23.1 Å². The molecule has 0 unspecified atom stereocenters. The average molecular weight is 390 g/mol. The molecule has 136 valence electrons. The fourth-order valence-electron chi connectivity index (χ4n) is 3.13. The van der Waals surface area contributed by atoms with Crippen molar-refractivity contribution in [1.82, 2.24) is 4.90 Å². The van der Waals surface area contributed by atoms with E-state index in [-0.39, 0.29) is 11.7 Å². The normalized spacial score (nSPS) is 18.0. The van der Waals surface area contributed by atoms with Gasteiger partial charge in [0.1, 0.15) is 5.83 Å². The largest absolute Gasteiger partial charge is 0.378 e. The summed E-state index contributed by atoms with van der Waals surface area (Å²) in [6.07, 6.45) is 4.76. The summed E-state index contributed by atoms with van der Waals surface area (Å²) in [5.74, 6) is 0.914. The average Bonchev–Trinajstić information content (AvgIpc) is 3.12. The number of fused-ring (bicyclic) bond motifs is 1. The van der Waals surface area contributed by atoms with Gasteiger partial charge in [0.05, 0.1) is 18.1 Å². The third-order valence-electron chi connectivity index (χ3n) is 4.63. The lowest BCUT2D eigenvalue weighted by molar-refractivity contribution is 0.0306. The lowest BCUT2D eigenvalue weighted by Crippen LogP contribution is -2.40. The minimum atomic E-state index is -0.0371. The van der Waals surface area contributed by atoms with E-state index in [1.54, 1.807) is 29.2 Å². The van der Waals surface area contributed by atoms with E-state index in [0.29, 0.717) is 32.7 Å². The Morgan fingerprint density at radius 3 is 2.85 bits per heavy atom. The number of benzene rings is 1. The highest BCUT2D eigenvalue weighted by Gasteiger charge is 2.21. The molecule has 0 radical (unpaired) electrons. The first-order valence-corrected chi connectivity index (χ1v) is 10.6. The molecule has 0 bridgehead atoms. The lowest BCUT2D eigenvalue weighted by atomic mass is 10.1. The number of thioether (sulfide) groups is 1. The van der Waals surface area contributed by atoms with E-state index in [1.165, 1.54) is 10.5 Å². The van der Waals surface area contributed by atoms with Gasteiger partial charge in [-0.25, -0.2) is 4.39 Å². The maximum Gasteiger partial charge on any atom is 0.264 e. The molecule has 2 heterocycles. The van der Waals surface area contributed by atoms with Crippen LogP contribution in [0.4, 0.5) is 4.39 Å². The topological polar surface area (TPSA) is 29.5 Å². The smallest absolute Gasteiger partial charge is 0.264 e. The summed E-state index contributed by atoms with van der Waals surface area (Å²) in [5.41, 5.74) is 1.26. The first-order valence-electron chi connectivity index (χ1n) is 8.77. The molecule has 1 aromatic carbocycles. The number of hydrogen-bond acceptors (Lipinski definition) is 4. The van der Waals surface area contributed by atoms with Crippen molar-refractivity contribution in [2.75, 3.05) is 32.1 Å². The molecule has 3 nitrogen and oxygen atoms in total. The second-order valence-electron chi connectivity index (χ2n) is 6.41. The molecule has 0 N–H and O–H groups in total. The number of carbonyl (C=O) groups excluding carboxylic acids is 1. The molecule has 1 fully saturated rings. The Morgan fingerprint density at radius 2 is 2.08 bits per heavy atom. The van der Waals surface area contributed by atoms with Crippen molar-refractivity contribution in [3.63, 3.8) is 0 Å². The van der Waals surface area contributed by atoms with Crippen LogP contribution in [0.3, 0.4) is 0 Å². The molecular weight excluding hydrogens is 369 g/mol. The van der Waals surface area contributed by atoms with Crippen molar-refractivity contribution < 1.29 is 13.9 Å². The molecule has 4 rings (SSSR count). The van der Waals surface area contributed by atoms with Gasteiger partial charge in [0.2, 0.25) is 0 Å². The van der Waals surface area contributed by atoms with E-state index in [0.717, 1.165) is 27.1 Å². The fraction of sp³-hybridized carbons (Fsp3) is 0.350. The summed E-state index contributed by atoms with van der Waals surface area (Å²) in [4.78, 5) is 16.6. The second-order valence-corrected chi connectivity index (χ2v) is 8.51. The zero-order valence-electron chi connectivity index (χ0n) is 14.4. The predicted octanol–water partition coefficient (Wildman–Crippen LogP) is 5.04. The predicted molar refractivity (Wildman–Crippen MR) is 106 cm³/mol. The number of hydrogen-bond donors (Lipinski definition) is 0. The molecule has 1 aliphatic carbocycles. The summed E-state index contributed by atoms with van der Waals surface area (Å²) < 4.78 is 19.6. The van der Waals surface area contributed by atoms with Crippen LogP contribution in [0.5, 0.6) is 0 Å². The number of thiophene rings is 1. The number of ether oxygens (including phenoxy) is 1. The van der Waals surface area contributed by atoms with Gasteiger partial charge >= 0.3 is 0 Å². The summed E-state index contributed by atoms with van der Waals surface area (Å²) in [5, 5.41) is 1.14. The third kappa shape index (κ3) is 3.87. The van der Waals surface area contributed by atoms with Crippen LogP contribution in [-0.2, 0) is 4.74 Å². The first kappa shape index (κ1) is 17.8. The highest BCUT2D eigenvalue weighted by Crippen LogP contribution is 2.36. The quantitative estimate of drug-likeness (QED) is 0.686. The van der Waals surface area contributed by atoms with E-state index >= 15 is 0 Å². The molecular formula is C20H20FNO2S2. The minimum absolute atomic E-state index is 0.0371. The molecule has 1 aromatic heterocycles. The Bertz CT molecular complexity index is 881. The summed E-state index contributed by atoms with van der Waals surface area (Å²) in [6, 6.07) is 8.23. The van der Waals surface area contributed by atoms with E-state index < -0.39 is 0 Å². The second kappa shape index (κ2) is 7.94. The Morgan fingerprint density at radius 1 is 1.23 bits per heavy atom. The number of morpholine rings is 1. The van der Waals surface area contributed by atoms with Crippen LogP contribution in [0.1, 0.15) is 22.5 Å². The van der Waals surface area contributed by atoms with Crippen LogP contribution in [0.15, 0.2) is 52.7 Å². The van der Waals surface area contributed by atoms with Crippen molar-refractivity contribution in [2.45, 2.75) is 17.7 Å². The van der Waals surface area contributed by atoms with Crippen molar-refractivity contribution in [1.29, 1.82) is 0 Å². The molecule has 1 saturated heterocycles. The Kier molecular flexibility index (Phi) is 5.43. The molecule has 1 amide bonds. The van der Waals surface area contributed by atoms with E-state index in [4.69, 9.17) is 4.74 Å². The van der Waals surface area contributed by atoms with Crippen LogP contribution in [0.25, 0.3) is 10.1 Å². The van der Waals surface area contributed by atoms with E-state index in [2.05, 4.69) is 12.1 Å². The standard InChI is InChI=1S/C20H20FNO2S2/c21-15-6-4-14(5-7-15)13-25-17-2-1-3-18-16(17)12-19(26-18)20(23)22-8-10-24-11-9-22/h1-4,6,12H,5,7-11,13H2. The third-order valence-corrected chi connectivity index (χ3v) is 6.90. The molecule has 2 aliphatic rings. The number of carbonyl (C=O) groups is 1. The Labute approximate surface area is 160 Å². The van der Waals surface area contributed by atoms with Crippen LogP contribution in [0, 0.1) is 0 Å². The molecule has 2 aromatic rings. The van der Waals surface area contributed by atoms with Gasteiger partial charge < -0.3 is 9.64 Å². The highest BCUT2D eigenvalue weighted by atomic mass is 32.2. The number of amides is 1. The zero-order valence-corrected chi connectivity index (χ0v) is 16.0. The monoisotopic (exact) mass is 389 g/mol. The summed E-state index contributed by atoms with van der Waals surface area (Å²) >= 11 is 3.32. The number of halogens is 1. The van der Waals surface area contributed by atoms with Crippen molar-refractivity contribution in [3.8, 4) is 0 Å².